The topological polar surface area (TPSA) is 54.2 Å². The molecule has 2 rings (SSSR count). The van der Waals surface area contributed by atoms with Gasteiger partial charge in [-0.3, -0.25) is 0 Å². The first-order valence-corrected chi connectivity index (χ1v) is 8.87. The number of guanidine groups is 1. The third-order valence-electron chi connectivity index (χ3n) is 3.78. The van der Waals surface area contributed by atoms with E-state index in [2.05, 4.69) is 63.3 Å². The van der Waals surface area contributed by atoms with Crippen molar-refractivity contribution in [2.24, 2.45) is 4.99 Å². The number of benzene rings is 1. The standard InChI is InChI=1S/C19H29N5/c1-3-5-6-11-22-19(21-4-2)23-14-17-7-9-18(10-8-17)15-24-13-12-20-16-24/h7-10,12-13,16H,3-6,11,14-15H2,1-2H3,(H2,21,22,23). The van der Waals surface area contributed by atoms with Crippen molar-refractivity contribution in [1.29, 1.82) is 0 Å². The van der Waals surface area contributed by atoms with Crippen LogP contribution in [0.2, 0.25) is 0 Å². The second kappa shape index (κ2) is 10.5. The van der Waals surface area contributed by atoms with Gasteiger partial charge in [-0.05, 0) is 24.5 Å². The molecule has 0 unspecified atom stereocenters. The van der Waals surface area contributed by atoms with Crippen molar-refractivity contribution in [1.82, 2.24) is 20.2 Å². The van der Waals surface area contributed by atoms with Gasteiger partial charge < -0.3 is 15.2 Å². The summed E-state index contributed by atoms with van der Waals surface area (Å²) in [4.78, 5) is 8.74. The fraction of sp³-hybridized carbons (Fsp3) is 0.474. The fourth-order valence-corrected chi connectivity index (χ4v) is 2.44. The van der Waals surface area contributed by atoms with Crippen molar-refractivity contribution in [3.63, 3.8) is 0 Å². The molecular formula is C19H29N5. The lowest BCUT2D eigenvalue weighted by atomic mass is 10.1. The van der Waals surface area contributed by atoms with E-state index in [1.807, 2.05) is 12.5 Å². The van der Waals surface area contributed by atoms with Crippen LogP contribution in [0, 0.1) is 0 Å². The van der Waals surface area contributed by atoms with Crippen LogP contribution in [0.25, 0.3) is 0 Å². The van der Waals surface area contributed by atoms with Gasteiger partial charge in [0.05, 0.1) is 12.9 Å². The van der Waals surface area contributed by atoms with Gasteiger partial charge in [0.15, 0.2) is 5.96 Å². The summed E-state index contributed by atoms with van der Waals surface area (Å²) >= 11 is 0. The Labute approximate surface area is 145 Å². The molecule has 5 heteroatoms. The molecule has 1 heterocycles. The Hall–Kier alpha value is -2.30. The molecule has 0 amide bonds. The van der Waals surface area contributed by atoms with Crippen LogP contribution in [0.5, 0.6) is 0 Å². The highest BCUT2D eigenvalue weighted by molar-refractivity contribution is 5.79. The second-order valence-corrected chi connectivity index (χ2v) is 5.88. The van der Waals surface area contributed by atoms with E-state index >= 15 is 0 Å². The number of aromatic nitrogens is 2. The van der Waals surface area contributed by atoms with Crippen molar-refractivity contribution < 1.29 is 0 Å². The molecular weight excluding hydrogens is 298 g/mol. The second-order valence-electron chi connectivity index (χ2n) is 5.88. The minimum absolute atomic E-state index is 0.689. The predicted octanol–water partition coefficient (Wildman–Crippen LogP) is 3.18. The van der Waals surface area contributed by atoms with Gasteiger partial charge in [-0.15, -0.1) is 0 Å². The summed E-state index contributed by atoms with van der Waals surface area (Å²) in [5.41, 5.74) is 2.49. The molecule has 0 saturated heterocycles. The summed E-state index contributed by atoms with van der Waals surface area (Å²) in [6.45, 7) is 7.70. The van der Waals surface area contributed by atoms with Crippen LogP contribution in [0.3, 0.4) is 0 Å². The maximum Gasteiger partial charge on any atom is 0.191 e. The van der Waals surface area contributed by atoms with E-state index < -0.39 is 0 Å². The van der Waals surface area contributed by atoms with Gasteiger partial charge in [0.1, 0.15) is 0 Å². The van der Waals surface area contributed by atoms with E-state index in [0.717, 1.165) is 25.6 Å². The molecule has 0 fully saturated rings. The van der Waals surface area contributed by atoms with Gasteiger partial charge in [-0.1, -0.05) is 44.0 Å². The zero-order valence-corrected chi connectivity index (χ0v) is 14.8. The van der Waals surface area contributed by atoms with E-state index in [9.17, 15) is 0 Å². The Kier molecular flexibility index (Phi) is 7.87. The minimum atomic E-state index is 0.689. The zero-order valence-electron chi connectivity index (χ0n) is 14.8. The van der Waals surface area contributed by atoms with E-state index in [1.54, 1.807) is 6.20 Å². The van der Waals surface area contributed by atoms with Gasteiger partial charge >= 0.3 is 0 Å². The molecule has 2 aromatic rings. The largest absolute Gasteiger partial charge is 0.357 e. The molecule has 0 bridgehead atoms. The molecule has 1 aromatic carbocycles. The van der Waals surface area contributed by atoms with Crippen LogP contribution in [0.1, 0.15) is 44.2 Å². The molecule has 0 aliphatic carbocycles. The Morgan fingerprint density at radius 2 is 1.88 bits per heavy atom. The Morgan fingerprint density at radius 1 is 1.08 bits per heavy atom. The van der Waals surface area contributed by atoms with E-state index in [-0.39, 0.29) is 0 Å². The highest BCUT2D eigenvalue weighted by Crippen LogP contribution is 2.07. The highest BCUT2D eigenvalue weighted by Gasteiger charge is 1.99. The molecule has 2 N–H and O–H groups in total. The monoisotopic (exact) mass is 327 g/mol. The van der Waals surface area contributed by atoms with Crippen molar-refractivity contribution in [3.05, 3.63) is 54.1 Å². The van der Waals surface area contributed by atoms with Crippen molar-refractivity contribution in [3.8, 4) is 0 Å². The molecule has 0 saturated carbocycles. The fourth-order valence-electron chi connectivity index (χ4n) is 2.44. The molecule has 0 aliphatic heterocycles. The van der Waals surface area contributed by atoms with Crippen LogP contribution >= 0.6 is 0 Å². The maximum atomic E-state index is 4.67. The Bertz CT molecular complexity index is 587. The van der Waals surface area contributed by atoms with Gasteiger partial charge in [0, 0.05) is 32.0 Å². The normalized spacial score (nSPS) is 11.5. The summed E-state index contributed by atoms with van der Waals surface area (Å²) < 4.78 is 2.07. The molecule has 0 spiro atoms. The number of unbranched alkanes of at least 4 members (excludes halogenated alkanes) is 2. The summed E-state index contributed by atoms with van der Waals surface area (Å²) in [5, 5.41) is 6.69. The van der Waals surface area contributed by atoms with Gasteiger partial charge in [0.25, 0.3) is 0 Å². The van der Waals surface area contributed by atoms with Gasteiger partial charge in [-0.25, -0.2) is 9.98 Å². The lowest BCUT2D eigenvalue weighted by Gasteiger charge is -2.11. The van der Waals surface area contributed by atoms with Crippen LogP contribution < -0.4 is 10.6 Å². The van der Waals surface area contributed by atoms with Crippen LogP contribution in [-0.4, -0.2) is 28.6 Å². The number of rotatable bonds is 9. The van der Waals surface area contributed by atoms with E-state index in [4.69, 9.17) is 0 Å². The number of imidazole rings is 1. The number of hydrogen-bond donors (Lipinski definition) is 2. The third kappa shape index (κ3) is 6.44. The first-order chi connectivity index (χ1) is 11.8. The first-order valence-electron chi connectivity index (χ1n) is 8.87. The number of aliphatic imine (C=N–C) groups is 1. The molecule has 0 atom stereocenters. The van der Waals surface area contributed by atoms with Gasteiger partial charge in [0.2, 0.25) is 0 Å². The summed E-state index contributed by atoms with van der Waals surface area (Å²) in [6, 6.07) is 8.62. The number of hydrogen-bond acceptors (Lipinski definition) is 2. The van der Waals surface area contributed by atoms with Crippen molar-refractivity contribution >= 4 is 5.96 Å². The minimum Gasteiger partial charge on any atom is -0.357 e. The summed E-state index contributed by atoms with van der Waals surface area (Å²) in [6.07, 6.45) is 9.30. The Balaban J connectivity index is 1.85. The highest BCUT2D eigenvalue weighted by atomic mass is 15.2. The van der Waals surface area contributed by atoms with Gasteiger partial charge in [-0.2, -0.15) is 0 Å². The maximum absolute atomic E-state index is 4.67. The van der Waals surface area contributed by atoms with Crippen LogP contribution in [0.15, 0.2) is 48.0 Å². The average Bonchev–Trinajstić information content (AvgIpc) is 3.11. The third-order valence-corrected chi connectivity index (χ3v) is 3.78. The zero-order chi connectivity index (χ0) is 17.0. The lowest BCUT2D eigenvalue weighted by molar-refractivity contribution is 0.683. The summed E-state index contributed by atoms with van der Waals surface area (Å²) in [5.74, 6) is 0.899. The summed E-state index contributed by atoms with van der Waals surface area (Å²) in [7, 11) is 0. The molecule has 1 aromatic heterocycles. The molecule has 130 valence electrons. The lowest BCUT2D eigenvalue weighted by Crippen LogP contribution is -2.37. The number of nitrogens with one attached hydrogen (secondary N) is 2. The SMILES string of the molecule is CCCCCNC(=NCc1ccc(Cn2ccnc2)cc1)NCC. The van der Waals surface area contributed by atoms with Crippen molar-refractivity contribution in [2.75, 3.05) is 13.1 Å². The predicted molar refractivity (Wildman–Crippen MR) is 100 cm³/mol. The van der Waals surface area contributed by atoms with Crippen LogP contribution in [0.4, 0.5) is 0 Å². The molecule has 0 radical (unpaired) electrons. The van der Waals surface area contributed by atoms with Crippen molar-refractivity contribution in [2.45, 2.75) is 46.2 Å². The number of nitrogens with zero attached hydrogens (tertiary/aromatic N) is 3. The van der Waals surface area contributed by atoms with E-state index in [0.29, 0.717) is 6.54 Å². The quantitative estimate of drug-likeness (QED) is 0.422. The smallest absolute Gasteiger partial charge is 0.191 e. The molecule has 5 nitrogen and oxygen atoms in total. The van der Waals surface area contributed by atoms with Crippen LogP contribution in [-0.2, 0) is 13.1 Å². The molecule has 24 heavy (non-hydrogen) atoms. The Morgan fingerprint density at radius 3 is 2.54 bits per heavy atom. The van der Waals surface area contributed by atoms with E-state index in [1.165, 1.54) is 30.4 Å². The first kappa shape index (κ1) is 18.0. The molecule has 0 aliphatic rings. The average molecular weight is 327 g/mol.